The second kappa shape index (κ2) is 5.70. The van der Waals surface area contributed by atoms with E-state index in [0.29, 0.717) is 18.8 Å². The van der Waals surface area contributed by atoms with E-state index in [0.717, 1.165) is 0 Å². The third-order valence-electron chi connectivity index (χ3n) is 1.54. The fraction of sp³-hybridized carbons (Fsp3) is 1.00. The molecule has 0 heterocycles. The zero-order chi connectivity index (χ0) is 10.5. The van der Waals surface area contributed by atoms with Gasteiger partial charge in [0.05, 0.1) is 6.10 Å². The van der Waals surface area contributed by atoms with E-state index >= 15 is 0 Å². The number of ether oxygens (including phenoxy) is 1. The van der Waals surface area contributed by atoms with Gasteiger partial charge in [0, 0.05) is 5.88 Å². The van der Waals surface area contributed by atoms with Crippen LogP contribution < -0.4 is 0 Å². The third-order valence-corrected chi connectivity index (χ3v) is 1.88. The predicted octanol–water partition coefficient (Wildman–Crippen LogP) is 3.57. The summed E-state index contributed by atoms with van der Waals surface area (Å²) < 4.78 is 39.0. The Balaban J connectivity index is 3.76. The van der Waals surface area contributed by atoms with Crippen LogP contribution in [0.15, 0.2) is 0 Å². The highest BCUT2D eigenvalue weighted by Crippen LogP contribution is 2.22. The van der Waals surface area contributed by atoms with E-state index in [1.807, 2.05) is 13.8 Å². The standard InChI is InChI=1S/C8H14ClF3O/c1-6(2)3-4-7(5-9)13-8(10,11)12/h6-7H,3-5H2,1-2H3. The van der Waals surface area contributed by atoms with Crippen molar-refractivity contribution in [2.24, 2.45) is 5.92 Å². The molecule has 0 aliphatic heterocycles. The Bertz CT molecular complexity index is 136. The number of halogens is 4. The van der Waals surface area contributed by atoms with Gasteiger partial charge < -0.3 is 0 Å². The number of hydrogen-bond acceptors (Lipinski definition) is 1. The maximum Gasteiger partial charge on any atom is 0.522 e. The first-order chi connectivity index (χ1) is 5.85. The molecule has 0 aromatic rings. The summed E-state index contributed by atoms with van der Waals surface area (Å²) in [6.45, 7) is 3.89. The van der Waals surface area contributed by atoms with E-state index in [2.05, 4.69) is 4.74 Å². The summed E-state index contributed by atoms with van der Waals surface area (Å²) in [5, 5.41) is 0. The van der Waals surface area contributed by atoms with Crippen molar-refractivity contribution in [2.45, 2.75) is 39.2 Å². The van der Waals surface area contributed by atoms with Crippen LogP contribution in [0.2, 0.25) is 0 Å². The van der Waals surface area contributed by atoms with Gasteiger partial charge in [-0.2, -0.15) is 0 Å². The summed E-state index contributed by atoms with van der Waals surface area (Å²) in [7, 11) is 0. The number of alkyl halides is 4. The van der Waals surface area contributed by atoms with Crippen molar-refractivity contribution in [2.75, 3.05) is 5.88 Å². The lowest BCUT2D eigenvalue weighted by molar-refractivity contribution is -0.340. The summed E-state index contributed by atoms with van der Waals surface area (Å²) in [6, 6.07) is 0. The second-order valence-electron chi connectivity index (χ2n) is 3.31. The van der Waals surface area contributed by atoms with Gasteiger partial charge in [0.15, 0.2) is 0 Å². The van der Waals surface area contributed by atoms with Gasteiger partial charge in [-0.15, -0.1) is 24.8 Å². The molecule has 0 aromatic carbocycles. The molecule has 0 saturated heterocycles. The highest BCUT2D eigenvalue weighted by molar-refractivity contribution is 6.18. The monoisotopic (exact) mass is 218 g/mol. The molecule has 0 saturated carbocycles. The lowest BCUT2D eigenvalue weighted by atomic mass is 10.1. The largest absolute Gasteiger partial charge is 0.522 e. The Labute approximate surface area is 81.2 Å². The van der Waals surface area contributed by atoms with Crippen molar-refractivity contribution in [3.8, 4) is 0 Å². The fourth-order valence-corrected chi connectivity index (χ4v) is 1.09. The molecule has 0 N–H and O–H groups in total. The summed E-state index contributed by atoms with van der Waals surface area (Å²) in [5.41, 5.74) is 0. The summed E-state index contributed by atoms with van der Waals surface area (Å²) in [4.78, 5) is 0. The van der Waals surface area contributed by atoms with Crippen molar-refractivity contribution in [1.82, 2.24) is 0 Å². The molecule has 0 radical (unpaired) electrons. The maximum absolute atomic E-state index is 11.7. The Morgan fingerprint density at radius 1 is 1.23 bits per heavy atom. The molecule has 0 spiro atoms. The van der Waals surface area contributed by atoms with Gasteiger partial charge >= 0.3 is 6.36 Å². The first-order valence-electron chi connectivity index (χ1n) is 4.15. The van der Waals surface area contributed by atoms with Crippen LogP contribution in [-0.4, -0.2) is 18.3 Å². The predicted molar refractivity (Wildman–Crippen MR) is 45.7 cm³/mol. The zero-order valence-electron chi connectivity index (χ0n) is 7.70. The summed E-state index contributed by atoms with van der Waals surface area (Å²) >= 11 is 5.33. The molecule has 13 heavy (non-hydrogen) atoms. The Morgan fingerprint density at radius 2 is 1.77 bits per heavy atom. The molecular weight excluding hydrogens is 205 g/mol. The van der Waals surface area contributed by atoms with Crippen LogP contribution >= 0.6 is 11.6 Å². The van der Waals surface area contributed by atoms with Gasteiger partial charge in [-0.05, 0) is 18.8 Å². The minimum atomic E-state index is -4.57. The van der Waals surface area contributed by atoms with Gasteiger partial charge in [0.25, 0.3) is 0 Å². The third kappa shape index (κ3) is 8.37. The molecule has 0 fully saturated rings. The van der Waals surface area contributed by atoms with Crippen molar-refractivity contribution in [1.29, 1.82) is 0 Å². The number of hydrogen-bond donors (Lipinski definition) is 0. The van der Waals surface area contributed by atoms with Crippen LogP contribution in [0.5, 0.6) is 0 Å². The number of rotatable bonds is 5. The highest BCUT2D eigenvalue weighted by atomic mass is 35.5. The minimum Gasteiger partial charge on any atom is -0.287 e. The average Bonchev–Trinajstić information content (AvgIpc) is 1.95. The molecule has 1 nitrogen and oxygen atoms in total. The van der Waals surface area contributed by atoms with E-state index in [9.17, 15) is 13.2 Å². The van der Waals surface area contributed by atoms with Crippen molar-refractivity contribution in [3.63, 3.8) is 0 Å². The van der Waals surface area contributed by atoms with Gasteiger partial charge in [-0.3, -0.25) is 4.74 Å². The molecule has 0 aliphatic rings. The second-order valence-corrected chi connectivity index (χ2v) is 3.62. The Morgan fingerprint density at radius 3 is 2.08 bits per heavy atom. The fourth-order valence-electron chi connectivity index (χ4n) is 0.876. The van der Waals surface area contributed by atoms with E-state index in [1.165, 1.54) is 0 Å². The minimum absolute atomic E-state index is 0.119. The van der Waals surface area contributed by atoms with Crippen LogP contribution in [0.3, 0.4) is 0 Å². The Hall–Kier alpha value is 0.0400. The van der Waals surface area contributed by atoms with Crippen molar-refractivity contribution < 1.29 is 17.9 Å². The average molecular weight is 219 g/mol. The van der Waals surface area contributed by atoms with Gasteiger partial charge in [-0.1, -0.05) is 13.8 Å². The lowest BCUT2D eigenvalue weighted by Crippen LogP contribution is -2.25. The quantitative estimate of drug-likeness (QED) is 0.641. The first-order valence-corrected chi connectivity index (χ1v) is 4.69. The molecule has 80 valence electrons. The molecular formula is C8H14ClF3O. The van der Waals surface area contributed by atoms with E-state index < -0.39 is 12.5 Å². The van der Waals surface area contributed by atoms with Crippen LogP contribution in [-0.2, 0) is 4.74 Å². The van der Waals surface area contributed by atoms with Gasteiger partial charge in [0.2, 0.25) is 0 Å². The first kappa shape index (κ1) is 13.0. The molecule has 0 aliphatic carbocycles. The SMILES string of the molecule is CC(C)CCC(CCl)OC(F)(F)F. The van der Waals surface area contributed by atoms with Gasteiger partial charge in [-0.25, -0.2) is 0 Å². The van der Waals surface area contributed by atoms with E-state index in [4.69, 9.17) is 11.6 Å². The van der Waals surface area contributed by atoms with Crippen LogP contribution in [0.1, 0.15) is 26.7 Å². The molecule has 1 unspecified atom stereocenters. The summed E-state index contributed by atoms with van der Waals surface area (Å²) in [6.07, 6.45) is -4.45. The molecule has 0 amide bonds. The molecule has 5 heteroatoms. The molecule has 0 aromatic heterocycles. The molecule has 0 rings (SSSR count). The van der Waals surface area contributed by atoms with Gasteiger partial charge in [0.1, 0.15) is 0 Å². The van der Waals surface area contributed by atoms with E-state index in [-0.39, 0.29) is 5.88 Å². The van der Waals surface area contributed by atoms with Crippen LogP contribution in [0, 0.1) is 5.92 Å². The topological polar surface area (TPSA) is 9.23 Å². The Kier molecular flexibility index (Phi) is 5.72. The summed E-state index contributed by atoms with van der Waals surface area (Å²) in [5.74, 6) is 0.245. The zero-order valence-corrected chi connectivity index (χ0v) is 8.45. The maximum atomic E-state index is 11.7. The van der Waals surface area contributed by atoms with Crippen molar-refractivity contribution >= 4 is 11.6 Å². The van der Waals surface area contributed by atoms with Crippen LogP contribution in [0.25, 0.3) is 0 Å². The smallest absolute Gasteiger partial charge is 0.287 e. The molecule has 1 atom stereocenters. The lowest BCUT2D eigenvalue weighted by Gasteiger charge is -2.17. The van der Waals surface area contributed by atoms with E-state index in [1.54, 1.807) is 0 Å². The molecule has 0 bridgehead atoms. The van der Waals surface area contributed by atoms with Crippen LogP contribution in [0.4, 0.5) is 13.2 Å². The normalized spacial score (nSPS) is 15.0. The van der Waals surface area contributed by atoms with Crippen molar-refractivity contribution in [3.05, 3.63) is 0 Å². The highest BCUT2D eigenvalue weighted by Gasteiger charge is 2.32.